The van der Waals surface area contributed by atoms with Gasteiger partial charge in [-0.15, -0.1) is 0 Å². The highest BCUT2D eigenvalue weighted by atomic mass is 16.6. The molecule has 1 aliphatic heterocycles. The molecule has 0 spiro atoms. The molecule has 1 rings (SSSR count). The van der Waals surface area contributed by atoms with Gasteiger partial charge in [-0.25, -0.2) is 0 Å². The standard InChI is InChI=1S/C8H14O2/c1-3-4-5-7(9)8-6(2)10-8/h6,8H,3-5H2,1-2H3. The summed E-state index contributed by atoms with van der Waals surface area (Å²) in [6.07, 6.45) is 2.94. The van der Waals surface area contributed by atoms with E-state index in [1.165, 1.54) is 0 Å². The van der Waals surface area contributed by atoms with E-state index < -0.39 is 0 Å². The van der Waals surface area contributed by atoms with Gasteiger partial charge in [-0.05, 0) is 13.3 Å². The van der Waals surface area contributed by atoms with Crippen LogP contribution >= 0.6 is 0 Å². The summed E-state index contributed by atoms with van der Waals surface area (Å²) in [5, 5.41) is 0. The lowest BCUT2D eigenvalue weighted by Gasteiger charge is -1.91. The lowest BCUT2D eigenvalue weighted by Crippen LogP contribution is -2.07. The van der Waals surface area contributed by atoms with Gasteiger partial charge in [0.15, 0.2) is 5.78 Å². The van der Waals surface area contributed by atoms with Crippen molar-refractivity contribution < 1.29 is 9.53 Å². The van der Waals surface area contributed by atoms with Crippen LogP contribution in [0.15, 0.2) is 0 Å². The number of rotatable bonds is 4. The number of epoxide rings is 1. The number of ketones is 1. The molecule has 0 aromatic carbocycles. The fraction of sp³-hybridized carbons (Fsp3) is 0.875. The fourth-order valence-electron chi connectivity index (χ4n) is 1.02. The SMILES string of the molecule is CCCCC(=O)C1OC1C. The Kier molecular flexibility index (Phi) is 2.44. The second-order valence-corrected chi connectivity index (χ2v) is 2.83. The number of Topliss-reactive ketones (excluding diaryl/α,β-unsaturated/α-hetero) is 1. The maximum Gasteiger partial charge on any atom is 0.164 e. The van der Waals surface area contributed by atoms with Crippen LogP contribution < -0.4 is 0 Å². The molecule has 1 saturated heterocycles. The minimum Gasteiger partial charge on any atom is -0.362 e. The summed E-state index contributed by atoms with van der Waals surface area (Å²) in [5.41, 5.74) is 0. The first-order chi connectivity index (χ1) is 4.75. The van der Waals surface area contributed by atoms with Gasteiger partial charge in [0.1, 0.15) is 6.10 Å². The van der Waals surface area contributed by atoms with Gasteiger partial charge < -0.3 is 4.74 Å². The number of hydrogen-bond donors (Lipinski definition) is 0. The summed E-state index contributed by atoms with van der Waals surface area (Å²) in [4.78, 5) is 11.0. The summed E-state index contributed by atoms with van der Waals surface area (Å²) in [5.74, 6) is 0.286. The van der Waals surface area contributed by atoms with Crippen molar-refractivity contribution in [2.75, 3.05) is 0 Å². The van der Waals surface area contributed by atoms with Gasteiger partial charge in [-0.2, -0.15) is 0 Å². The van der Waals surface area contributed by atoms with Crippen molar-refractivity contribution >= 4 is 5.78 Å². The van der Waals surface area contributed by atoms with Crippen molar-refractivity contribution in [2.45, 2.75) is 45.3 Å². The van der Waals surface area contributed by atoms with E-state index in [-0.39, 0.29) is 18.0 Å². The summed E-state index contributed by atoms with van der Waals surface area (Å²) in [7, 11) is 0. The first-order valence-electron chi connectivity index (χ1n) is 3.94. The molecule has 0 aliphatic carbocycles. The Bertz CT molecular complexity index is 131. The quantitative estimate of drug-likeness (QED) is 0.557. The van der Waals surface area contributed by atoms with E-state index >= 15 is 0 Å². The Hall–Kier alpha value is -0.370. The second-order valence-electron chi connectivity index (χ2n) is 2.83. The molecule has 1 heterocycles. The first kappa shape index (κ1) is 7.73. The van der Waals surface area contributed by atoms with Gasteiger partial charge in [-0.1, -0.05) is 13.3 Å². The van der Waals surface area contributed by atoms with Crippen LogP contribution in [-0.2, 0) is 9.53 Å². The molecule has 1 aliphatic rings. The van der Waals surface area contributed by atoms with Crippen LogP contribution in [0.5, 0.6) is 0 Å². The highest BCUT2D eigenvalue weighted by molar-refractivity contribution is 5.85. The van der Waals surface area contributed by atoms with Crippen LogP contribution in [-0.4, -0.2) is 18.0 Å². The van der Waals surface area contributed by atoms with Gasteiger partial charge in [0.05, 0.1) is 6.10 Å². The molecule has 2 nitrogen and oxygen atoms in total. The number of ether oxygens (including phenoxy) is 1. The van der Waals surface area contributed by atoms with E-state index in [1.54, 1.807) is 0 Å². The minimum absolute atomic E-state index is 0.0495. The van der Waals surface area contributed by atoms with Crippen LogP contribution in [0.3, 0.4) is 0 Å². The third-order valence-electron chi connectivity index (χ3n) is 1.81. The lowest BCUT2D eigenvalue weighted by molar-refractivity contribution is -0.120. The molecule has 2 heteroatoms. The van der Waals surface area contributed by atoms with Crippen molar-refractivity contribution in [2.24, 2.45) is 0 Å². The van der Waals surface area contributed by atoms with E-state index in [0.29, 0.717) is 6.42 Å². The largest absolute Gasteiger partial charge is 0.362 e. The molecule has 58 valence electrons. The molecule has 0 aromatic heterocycles. The van der Waals surface area contributed by atoms with Gasteiger partial charge in [0, 0.05) is 6.42 Å². The molecule has 0 N–H and O–H groups in total. The topological polar surface area (TPSA) is 29.6 Å². The number of carbonyl (C=O) groups excluding carboxylic acids is 1. The first-order valence-corrected chi connectivity index (χ1v) is 3.94. The zero-order valence-electron chi connectivity index (χ0n) is 6.59. The summed E-state index contributed by atoms with van der Waals surface area (Å²) in [6, 6.07) is 0. The normalized spacial score (nSPS) is 30.2. The van der Waals surface area contributed by atoms with Crippen molar-refractivity contribution in [3.05, 3.63) is 0 Å². The van der Waals surface area contributed by atoms with Crippen molar-refractivity contribution in [3.63, 3.8) is 0 Å². The molecular weight excluding hydrogens is 128 g/mol. The molecule has 0 aromatic rings. The average molecular weight is 142 g/mol. The Labute approximate surface area is 61.6 Å². The number of hydrogen-bond acceptors (Lipinski definition) is 2. The molecule has 2 atom stereocenters. The zero-order chi connectivity index (χ0) is 7.56. The summed E-state index contributed by atoms with van der Waals surface area (Å²) >= 11 is 0. The number of carbonyl (C=O) groups is 1. The predicted molar refractivity (Wildman–Crippen MR) is 38.9 cm³/mol. The van der Waals surface area contributed by atoms with E-state index in [2.05, 4.69) is 6.92 Å². The molecule has 0 radical (unpaired) electrons. The van der Waals surface area contributed by atoms with Crippen LogP contribution in [0.25, 0.3) is 0 Å². The summed E-state index contributed by atoms with van der Waals surface area (Å²) < 4.78 is 5.03. The van der Waals surface area contributed by atoms with Crippen LogP contribution in [0.1, 0.15) is 33.1 Å². The molecule has 1 fully saturated rings. The Morgan fingerprint density at radius 1 is 1.60 bits per heavy atom. The second kappa shape index (κ2) is 3.15. The van der Waals surface area contributed by atoms with Crippen LogP contribution in [0.4, 0.5) is 0 Å². The van der Waals surface area contributed by atoms with Gasteiger partial charge >= 0.3 is 0 Å². The Morgan fingerprint density at radius 2 is 2.20 bits per heavy atom. The fourth-order valence-corrected chi connectivity index (χ4v) is 1.02. The van der Waals surface area contributed by atoms with E-state index in [0.717, 1.165) is 12.8 Å². The maximum atomic E-state index is 11.0. The monoisotopic (exact) mass is 142 g/mol. The van der Waals surface area contributed by atoms with Crippen molar-refractivity contribution in [1.29, 1.82) is 0 Å². The minimum atomic E-state index is -0.0495. The van der Waals surface area contributed by atoms with E-state index in [4.69, 9.17) is 4.74 Å². The predicted octanol–water partition coefficient (Wildman–Crippen LogP) is 1.53. The maximum absolute atomic E-state index is 11.0. The Balaban J connectivity index is 2.11. The highest BCUT2D eigenvalue weighted by Gasteiger charge is 2.39. The number of unbranched alkanes of at least 4 members (excludes halogenated alkanes) is 1. The molecule has 10 heavy (non-hydrogen) atoms. The Morgan fingerprint density at radius 3 is 2.60 bits per heavy atom. The third kappa shape index (κ3) is 1.81. The van der Waals surface area contributed by atoms with Crippen LogP contribution in [0.2, 0.25) is 0 Å². The smallest absolute Gasteiger partial charge is 0.164 e. The highest BCUT2D eigenvalue weighted by Crippen LogP contribution is 2.23. The van der Waals surface area contributed by atoms with E-state index in [9.17, 15) is 4.79 Å². The molecule has 0 bridgehead atoms. The molecule has 0 amide bonds. The van der Waals surface area contributed by atoms with Gasteiger partial charge in [-0.3, -0.25) is 4.79 Å². The molecule has 2 unspecified atom stereocenters. The zero-order valence-corrected chi connectivity index (χ0v) is 6.59. The molecule has 0 saturated carbocycles. The average Bonchev–Trinajstić information content (AvgIpc) is 2.62. The lowest BCUT2D eigenvalue weighted by atomic mass is 10.1. The third-order valence-corrected chi connectivity index (χ3v) is 1.81. The summed E-state index contributed by atoms with van der Waals surface area (Å²) in [6.45, 7) is 4.03. The van der Waals surface area contributed by atoms with Gasteiger partial charge in [0.25, 0.3) is 0 Å². The molecular formula is C8H14O2. The van der Waals surface area contributed by atoms with Crippen molar-refractivity contribution in [1.82, 2.24) is 0 Å². The van der Waals surface area contributed by atoms with Crippen LogP contribution in [0, 0.1) is 0 Å². The van der Waals surface area contributed by atoms with E-state index in [1.807, 2.05) is 6.92 Å². The van der Waals surface area contributed by atoms with Gasteiger partial charge in [0.2, 0.25) is 0 Å². The van der Waals surface area contributed by atoms with Crippen molar-refractivity contribution in [3.8, 4) is 0 Å².